The average molecular weight is 1390 g/mol. The molecule has 0 N–H and O–H groups in total. The minimum absolute atomic E-state index is 0.0353. The van der Waals surface area contributed by atoms with Gasteiger partial charge in [-0.3, -0.25) is 9.59 Å². The van der Waals surface area contributed by atoms with Crippen LogP contribution in [0.2, 0.25) is 0 Å². The number of benzene rings is 4. The molecule has 6 aliphatic rings. The predicted octanol–water partition coefficient (Wildman–Crippen LogP) is 22.9. The number of amides is 2. The van der Waals surface area contributed by atoms with Gasteiger partial charge < -0.3 is 28.4 Å². The number of fused-ring (bicyclic) bond motifs is 7. The molecule has 6 aromatic rings. The Morgan fingerprint density at radius 2 is 0.750 bits per heavy atom. The maximum Gasteiger partial charge on any atom is 0.494 e. The molecule has 2 unspecified atom stereocenters. The number of unbranched alkanes of at least 4 members (excludes halogenated alkanes) is 16. The molecule has 4 aromatic carbocycles. The number of thiophene rings is 2. The molecule has 100 heavy (non-hydrogen) atoms. The molecule has 4 aliphatic heterocycles. The Kier molecular flexibility index (Phi) is 24.2. The van der Waals surface area contributed by atoms with Crippen molar-refractivity contribution in [2.24, 2.45) is 11.8 Å². The number of rotatable bonds is 33. The first-order valence-corrected chi connectivity index (χ1v) is 41.0. The van der Waals surface area contributed by atoms with Crippen molar-refractivity contribution >= 4 is 71.0 Å². The Bertz CT molecular complexity index is 3770. The van der Waals surface area contributed by atoms with Crippen LogP contribution >= 0.6 is 22.7 Å². The molecule has 0 radical (unpaired) electrons. The highest BCUT2D eigenvalue weighted by Crippen LogP contribution is 2.54. The Balaban J connectivity index is 0.000000253. The first kappa shape index (κ1) is 75.8. The van der Waals surface area contributed by atoms with Gasteiger partial charge in [0.1, 0.15) is 0 Å². The van der Waals surface area contributed by atoms with E-state index in [1.807, 2.05) is 0 Å². The fourth-order valence-electron chi connectivity index (χ4n) is 16.5. The van der Waals surface area contributed by atoms with Gasteiger partial charge in [0.15, 0.2) is 0 Å². The normalized spacial score (nSPS) is 19.2. The summed E-state index contributed by atoms with van der Waals surface area (Å²) in [7, 11) is -0.722. The molecule has 2 aromatic heterocycles. The highest BCUT2D eigenvalue weighted by atomic mass is 32.1. The summed E-state index contributed by atoms with van der Waals surface area (Å²) >= 11 is 3.42. The van der Waals surface area contributed by atoms with Crippen molar-refractivity contribution in [3.8, 4) is 32.7 Å². The second kappa shape index (κ2) is 32.0. The quantitative estimate of drug-likeness (QED) is 0.0302. The average Bonchev–Trinajstić information content (AvgIpc) is 1.55. The van der Waals surface area contributed by atoms with Crippen molar-refractivity contribution in [1.82, 2.24) is 9.80 Å². The number of hydrogen-bond acceptors (Lipinski definition) is 8. The van der Waals surface area contributed by atoms with Crippen molar-refractivity contribution in [2.75, 3.05) is 13.1 Å². The third-order valence-electron chi connectivity index (χ3n) is 24.2. The van der Waals surface area contributed by atoms with Crippen molar-refractivity contribution in [3.63, 3.8) is 0 Å². The summed E-state index contributed by atoms with van der Waals surface area (Å²) in [6, 6.07) is 37.8. The van der Waals surface area contributed by atoms with E-state index in [0.29, 0.717) is 36.1 Å². The van der Waals surface area contributed by atoms with Crippen LogP contribution in [0.1, 0.15) is 297 Å². The molecule has 2 atom stereocenters. The van der Waals surface area contributed by atoms with Crippen LogP contribution in [0.3, 0.4) is 0 Å². The Labute approximate surface area is 612 Å². The Hall–Kier alpha value is -5.33. The van der Waals surface area contributed by atoms with Crippen molar-refractivity contribution in [3.05, 3.63) is 152 Å². The van der Waals surface area contributed by atoms with E-state index in [2.05, 4.69) is 229 Å². The fraction of sp³-hybridized carbons (Fsp3) is 0.568. The SMILES string of the molecule is CC1(C)c2cc(B3OC(C)(C)C(C)(C)O3)ccc2-c2ccc(B3OC(C)(C)C(C)(C)O3)cc21.CCCCCCCCC(CCCCCC)CN1C(=O)C2=C(c3ccc(-c4ccc5c(c4)C(C)(C)c4ccccc4-5)s3)N(CC(CCCCCC)CCCCCCCC)C(=O)C2=C1c1cccs1. The van der Waals surface area contributed by atoms with Gasteiger partial charge in [-0.15, -0.1) is 22.7 Å². The van der Waals surface area contributed by atoms with Gasteiger partial charge in [-0.25, -0.2) is 0 Å². The highest BCUT2D eigenvalue weighted by molar-refractivity contribution is 7.16. The van der Waals surface area contributed by atoms with E-state index >= 15 is 9.59 Å². The van der Waals surface area contributed by atoms with E-state index in [1.165, 1.54) is 183 Å². The molecule has 6 heterocycles. The molecule has 2 amide bonds. The lowest BCUT2D eigenvalue weighted by atomic mass is 9.73. The largest absolute Gasteiger partial charge is 0.494 e. The molecular weight excluding hydrogens is 1270 g/mol. The maximum absolute atomic E-state index is 15.6. The van der Waals surface area contributed by atoms with Gasteiger partial charge in [-0.1, -0.05) is 263 Å². The van der Waals surface area contributed by atoms with Gasteiger partial charge in [-0.05, 0) is 184 Å². The van der Waals surface area contributed by atoms with Gasteiger partial charge in [0.25, 0.3) is 11.8 Å². The summed E-state index contributed by atoms with van der Waals surface area (Å²) < 4.78 is 25.3. The Morgan fingerprint density at radius 1 is 0.380 bits per heavy atom. The predicted molar refractivity (Wildman–Crippen MR) is 425 cm³/mol. The molecular formula is C88H120B2N2O6S2. The number of hydrogen-bond donors (Lipinski definition) is 0. The van der Waals surface area contributed by atoms with Crippen LogP contribution in [-0.2, 0) is 39.0 Å². The molecule has 536 valence electrons. The van der Waals surface area contributed by atoms with Gasteiger partial charge in [0.05, 0.1) is 54.7 Å². The second-order valence-electron chi connectivity index (χ2n) is 33.3. The zero-order chi connectivity index (χ0) is 71.4. The van der Waals surface area contributed by atoms with Gasteiger partial charge in [0, 0.05) is 28.8 Å². The molecule has 2 saturated heterocycles. The molecule has 12 rings (SSSR count). The lowest BCUT2D eigenvalue weighted by molar-refractivity contribution is -0.124. The summed E-state index contributed by atoms with van der Waals surface area (Å²) in [5.41, 5.74) is 15.3. The molecule has 2 fully saturated rings. The maximum atomic E-state index is 15.6. The lowest BCUT2D eigenvalue weighted by Crippen LogP contribution is -2.41. The van der Waals surface area contributed by atoms with Crippen molar-refractivity contribution < 1.29 is 28.2 Å². The minimum Gasteiger partial charge on any atom is -0.399 e. The first-order chi connectivity index (χ1) is 47.8. The van der Waals surface area contributed by atoms with E-state index < -0.39 is 0 Å². The van der Waals surface area contributed by atoms with Crippen LogP contribution in [0.5, 0.6) is 0 Å². The zero-order valence-corrected chi connectivity index (χ0v) is 65.9. The lowest BCUT2D eigenvalue weighted by Gasteiger charge is -2.32. The van der Waals surface area contributed by atoms with Crippen LogP contribution in [0.15, 0.2) is 120 Å². The molecule has 0 bridgehead atoms. The van der Waals surface area contributed by atoms with E-state index in [-0.39, 0.29) is 59.3 Å². The van der Waals surface area contributed by atoms with Crippen LogP contribution < -0.4 is 10.9 Å². The van der Waals surface area contributed by atoms with Crippen LogP contribution in [0.25, 0.3) is 44.1 Å². The highest BCUT2D eigenvalue weighted by Gasteiger charge is 2.55. The minimum atomic E-state index is -0.361. The summed E-state index contributed by atoms with van der Waals surface area (Å²) in [5, 5.41) is 2.11. The first-order valence-electron chi connectivity index (χ1n) is 39.3. The molecule has 0 saturated carbocycles. The zero-order valence-electron chi connectivity index (χ0n) is 64.2. The third-order valence-corrected chi connectivity index (χ3v) is 26.2. The summed E-state index contributed by atoms with van der Waals surface area (Å²) in [4.78, 5) is 38.6. The van der Waals surface area contributed by atoms with Crippen molar-refractivity contribution in [2.45, 2.75) is 298 Å². The second-order valence-corrected chi connectivity index (χ2v) is 35.3. The standard InChI is InChI=1S/C61H84N2O2S2.C27H36B2O4/c1-7-11-15-19-21-25-32-45(30-23-17-13-9-3)43-62-57(53-36-29-41-66-53)55-56(60(62)65)58(63(59(55)64)44-46(31-24-18-14-10-4)33-26-22-20-16-12-8-2)54-40-39-52(67-54)47-37-38-49-48-34-27-28-35-50(48)61(5,6)51(49)42-47;1-23(2)21-15-17(28-30-24(3,4)25(5,6)31-28)11-13-19(21)20-14-12-18(16-22(20)23)29-32-26(7,8)27(9,10)33-29/h27-29,34-42,45-46H,7-26,30-33,43-44H2,1-6H3;11-16H,1-10H3. The van der Waals surface area contributed by atoms with Gasteiger partial charge in [0.2, 0.25) is 0 Å². The molecule has 2 aliphatic carbocycles. The topological polar surface area (TPSA) is 77.5 Å². The summed E-state index contributed by atoms with van der Waals surface area (Å²) in [6.07, 6.45) is 29.6. The van der Waals surface area contributed by atoms with Gasteiger partial charge in [-0.2, -0.15) is 0 Å². The molecule has 12 heteroatoms. The van der Waals surface area contributed by atoms with E-state index in [0.717, 1.165) is 57.8 Å². The van der Waals surface area contributed by atoms with Crippen molar-refractivity contribution in [1.29, 1.82) is 0 Å². The van der Waals surface area contributed by atoms with Crippen LogP contribution in [-0.4, -0.2) is 71.3 Å². The van der Waals surface area contributed by atoms with Crippen LogP contribution in [0, 0.1) is 11.8 Å². The summed E-state index contributed by atoms with van der Waals surface area (Å²) in [6.45, 7) is 36.5. The summed E-state index contributed by atoms with van der Waals surface area (Å²) in [5.74, 6) is 0.870. The smallest absolute Gasteiger partial charge is 0.399 e. The molecule has 0 spiro atoms. The molecule has 8 nitrogen and oxygen atoms in total. The van der Waals surface area contributed by atoms with Crippen LogP contribution in [0.4, 0.5) is 0 Å². The number of carbonyl (C=O) groups is 2. The number of nitrogens with zero attached hydrogens (tertiary/aromatic N) is 2. The number of carbonyl (C=O) groups excluding carboxylic acids is 2. The monoisotopic (exact) mass is 1390 g/mol. The van der Waals surface area contributed by atoms with Gasteiger partial charge >= 0.3 is 14.2 Å². The fourth-order valence-corrected chi connectivity index (χ4v) is 18.3. The van der Waals surface area contributed by atoms with E-state index in [4.69, 9.17) is 18.6 Å². The Morgan fingerprint density at radius 3 is 1.19 bits per heavy atom. The van der Waals surface area contributed by atoms with E-state index in [1.54, 1.807) is 22.7 Å². The third kappa shape index (κ3) is 15.7. The van der Waals surface area contributed by atoms with E-state index in [9.17, 15) is 0 Å².